The van der Waals surface area contributed by atoms with Gasteiger partial charge in [-0.2, -0.15) is 0 Å². The second kappa shape index (κ2) is 4.78. The van der Waals surface area contributed by atoms with Crippen molar-refractivity contribution in [3.8, 4) is 0 Å². The second-order valence-electron chi connectivity index (χ2n) is 4.38. The predicted octanol–water partition coefficient (Wildman–Crippen LogP) is 3.92. The molecular weight excluding hydrogens is 296 g/mol. The highest BCUT2D eigenvalue weighted by atomic mass is 79.9. The van der Waals surface area contributed by atoms with Gasteiger partial charge in [0.25, 0.3) is 0 Å². The summed E-state index contributed by atoms with van der Waals surface area (Å²) in [4.78, 5) is 0. The molecule has 94 valence electrons. The van der Waals surface area contributed by atoms with Gasteiger partial charge in [0.15, 0.2) is 0 Å². The largest absolute Gasteiger partial charge is 0.501 e. The molecule has 18 heavy (non-hydrogen) atoms. The Morgan fingerprint density at radius 2 is 2.22 bits per heavy atom. The zero-order valence-corrected chi connectivity index (χ0v) is 11.3. The fraction of sp³-hybridized carbons (Fsp3) is 0.286. The molecule has 3 nitrogen and oxygen atoms in total. The number of hydrogen-bond donors (Lipinski definition) is 1. The lowest BCUT2D eigenvalue weighted by atomic mass is 10.0. The van der Waals surface area contributed by atoms with E-state index in [1.54, 1.807) is 6.26 Å². The van der Waals surface area contributed by atoms with Gasteiger partial charge in [-0.05, 0) is 40.9 Å². The van der Waals surface area contributed by atoms with Gasteiger partial charge in [0.2, 0.25) is 0 Å². The van der Waals surface area contributed by atoms with Crippen LogP contribution in [0.25, 0.3) is 11.0 Å². The van der Waals surface area contributed by atoms with Crippen molar-refractivity contribution in [2.24, 2.45) is 0 Å². The van der Waals surface area contributed by atoms with Crippen LogP contribution in [-0.2, 0) is 4.74 Å². The van der Waals surface area contributed by atoms with Crippen LogP contribution < -0.4 is 0 Å². The third-order valence-corrected chi connectivity index (χ3v) is 3.72. The average Bonchev–Trinajstić information content (AvgIpc) is 2.84. The van der Waals surface area contributed by atoms with E-state index in [0.717, 1.165) is 40.5 Å². The Balaban J connectivity index is 1.99. The van der Waals surface area contributed by atoms with Gasteiger partial charge in [0, 0.05) is 11.0 Å². The highest BCUT2D eigenvalue weighted by Crippen LogP contribution is 2.33. The molecule has 1 aromatic heterocycles. The van der Waals surface area contributed by atoms with Crippen molar-refractivity contribution in [3.05, 3.63) is 46.3 Å². The molecule has 1 unspecified atom stereocenters. The zero-order chi connectivity index (χ0) is 12.5. The SMILES string of the molecule is OC(C1=COCCC1)c1cc2cccc(Br)c2o1. The summed E-state index contributed by atoms with van der Waals surface area (Å²) >= 11 is 3.44. The van der Waals surface area contributed by atoms with Gasteiger partial charge in [-0.1, -0.05) is 12.1 Å². The smallest absolute Gasteiger partial charge is 0.148 e. The number of hydrogen-bond acceptors (Lipinski definition) is 3. The summed E-state index contributed by atoms with van der Waals surface area (Å²) in [6.45, 7) is 0.724. The van der Waals surface area contributed by atoms with Gasteiger partial charge >= 0.3 is 0 Å². The molecule has 1 aliphatic rings. The Bertz CT molecular complexity index is 600. The molecule has 1 N–H and O–H groups in total. The molecular formula is C14H13BrO3. The van der Waals surface area contributed by atoms with Gasteiger partial charge in [-0.15, -0.1) is 0 Å². The van der Waals surface area contributed by atoms with Crippen LogP contribution in [0.2, 0.25) is 0 Å². The summed E-state index contributed by atoms with van der Waals surface area (Å²) in [5.41, 5.74) is 1.64. The van der Waals surface area contributed by atoms with Crippen LogP contribution in [-0.4, -0.2) is 11.7 Å². The van der Waals surface area contributed by atoms with Crippen molar-refractivity contribution >= 4 is 26.9 Å². The summed E-state index contributed by atoms with van der Waals surface area (Å²) in [7, 11) is 0. The summed E-state index contributed by atoms with van der Waals surface area (Å²) in [6.07, 6.45) is 2.72. The monoisotopic (exact) mass is 308 g/mol. The van der Waals surface area contributed by atoms with Crippen molar-refractivity contribution < 1.29 is 14.3 Å². The number of aliphatic hydroxyl groups excluding tert-OH is 1. The quantitative estimate of drug-likeness (QED) is 0.914. The van der Waals surface area contributed by atoms with Crippen LogP contribution in [0.3, 0.4) is 0 Å². The average molecular weight is 309 g/mol. The Kier molecular flexibility index (Phi) is 3.14. The maximum Gasteiger partial charge on any atom is 0.148 e. The highest BCUT2D eigenvalue weighted by Gasteiger charge is 2.20. The molecule has 0 bridgehead atoms. The Hall–Kier alpha value is -1.26. The summed E-state index contributed by atoms with van der Waals surface area (Å²) < 4.78 is 11.9. The number of benzene rings is 1. The second-order valence-corrected chi connectivity index (χ2v) is 5.23. The van der Waals surface area contributed by atoms with Gasteiger partial charge in [0.05, 0.1) is 17.3 Å². The lowest BCUT2D eigenvalue weighted by Gasteiger charge is -2.17. The third-order valence-electron chi connectivity index (χ3n) is 3.10. The number of fused-ring (bicyclic) bond motifs is 1. The normalized spacial score (nSPS) is 17.3. The van der Waals surface area contributed by atoms with Crippen LogP contribution in [0.1, 0.15) is 24.7 Å². The molecule has 0 saturated carbocycles. The summed E-state index contributed by atoms with van der Waals surface area (Å²) in [5.74, 6) is 0.564. The molecule has 0 aliphatic carbocycles. The minimum Gasteiger partial charge on any atom is -0.501 e. The summed E-state index contributed by atoms with van der Waals surface area (Å²) in [5, 5.41) is 11.3. The molecule has 3 rings (SSSR count). The van der Waals surface area contributed by atoms with Crippen molar-refractivity contribution in [1.82, 2.24) is 0 Å². The van der Waals surface area contributed by atoms with E-state index in [-0.39, 0.29) is 0 Å². The van der Waals surface area contributed by atoms with Crippen LogP contribution in [0.5, 0.6) is 0 Å². The number of halogens is 1. The van der Waals surface area contributed by atoms with Gasteiger partial charge in [0.1, 0.15) is 17.4 Å². The number of aliphatic hydroxyl groups is 1. The molecule has 0 radical (unpaired) electrons. The first-order valence-electron chi connectivity index (χ1n) is 5.92. The first kappa shape index (κ1) is 11.8. The van der Waals surface area contributed by atoms with Crippen LogP contribution in [0.4, 0.5) is 0 Å². The molecule has 1 aromatic carbocycles. The van der Waals surface area contributed by atoms with Crippen LogP contribution >= 0.6 is 15.9 Å². The van der Waals surface area contributed by atoms with Gasteiger partial charge in [-0.25, -0.2) is 0 Å². The van der Waals surface area contributed by atoms with E-state index < -0.39 is 6.10 Å². The van der Waals surface area contributed by atoms with Crippen LogP contribution in [0.15, 0.2) is 45.0 Å². The Labute approximate surface area is 113 Å². The fourth-order valence-corrected chi connectivity index (χ4v) is 2.61. The minimum absolute atomic E-state index is 0.564. The molecule has 4 heteroatoms. The number of rotatable bonds is 2. The molecule has 0 saturated heterocycles. The predicted molar refractivity (Wildman–Crippen MR) is 72.1 cm³/mol. The maximum atomic E-state index is 10.3. The molecule has 1 aliphatic heterocycles. The highest BCUT2D eigenvalue weighted by molar-refractivity contribution is 9.10. The Morgan fingerprint density at radius 3 is 2.94 bits per heavy atom. The topological polar surface area (TPSA) is 42.6 Å². The van der Waals surface area contributed by atoms with Crippen molar-refractivity contribution in [1.29, 1.82) is 0 Å². The molecule has 2 aromatic rings. The number of para-hydroxylation sites is 1. The van der Waals surface area contributed by atoms with E-state index in [9.17, 15) is 5.11 Å². The first-order chi connectivity index (χ1) is 8.75. The molecule has 0 amide bonds. The van der Waals surface area contributed by atoms with Crippen molar-refractivity contribution in [3.63, 3.8) is 0 Å². The van der Waals surface area contributed by atoms with E-state index in [1.807, 2.05) is 24.3 Å². The molecule has 0 fully saturated rings. The number of furan rings is 1. The van der Waals surface area contributed by atoms with Gasteiger partial charge in [-0.3, -0.25) is 0 Å². The van der Waals surface area contributed by atoms with Crippen molar-refractivity contribution in [2.45, 2.75) is 18.9 Å². The number of ether oxygens (including phenoxy) is 1. The fourth-order valence-electron chi connectivity index (χ4n) is 2.15. The first-order valence-corrected chi connectivity index (χ1v) is 6.71. The lowest BCUT2D eigenvalue weighted by molar-refractivity contribution is 0.154. The molecule has 0 spiro atoms. The van der Waals surface area contributed by atoms with Gasteiger partial charge < -0.3 is 14.3 Å². The van der Waals surface area contributed by atoms with E-state index in [2.05, 4.69) is 15.9 Å². The van der Waals surface area contributed by atoms with E-state index in [0.29, 0.717) is 5.76 Å². The third kappa shape index (κ3) is 2.06. The lowest BCUT2D eigenvalue weighted by Crippen LogP contribution is -2.07. The van der Waals surface area contributed by atoms with Crippen molar-refractivity contribution in [2.75, 3.05) is 6.61 Å². The maximum absolute atomic E-state index is 10.3. The Morgan fingerprint density at radius 1 is 1.33 bits per heavy atom. The van der Waals surface area contributed by atoms with Crippen LogP contribution in [0, 0.1) is 0 Å². The van der Waals surface area contributed by atoms with E-state index in [4.69, 9.17) is 9.15 Å². The molecule has 2 heterocycles. The molecule has 1 atom stereocenters. The zero-order valence-electron chi connectivity index (χ0n) is 9.73. The summed E-state index contributed by atoms with van der Waals surface area (Å²) in [6, 6.07) is 7.71. The van der Waals surface area contributed by atoms with E-state index >= 15 is 0 Å². The van der Waals surface area contributed by atoms with E-state index in [1.165, 1.54) is 0 Å². The minimum atomic E-state index is -0.718. The standard InChI is InChI=1S/C14H13BrO3/c15-11-5-1-3-9-7-12(18-14(9)11)13(16)10-4-2-6-17-8-10/h1,3,5,7-8,13,16H,2,4,6H2.